The molecular weight excluding hydrogens is 284 g/mol. The largest absolute Gasteiger partial charge is 0.451 e. The van der Waals surface area contributed by atoms with E-state index >= 15 is 0 Å². The number of hydrazine groups is 1. The molecule has 2 amide bonds. The summed E-state index contributed by atoms with van der Waals surface area (Å²) in [4.78, 5) is 24.1. The first-order valence-electron chi connectivity index (χ1n) is 7.32. The number of benzene rings is 1. The molecule has 6 nitrogen and oxygen atoms in total. The van der Waals surface area contributed by atoms with Crippen LogP contribution in [0, 0.1) is 6.92 Å². The smallest absolute Gasteiger partial charge is 0.305 e. The van der Waals surface area contributed by atoms with E-state index in [1.165, 1.54) is 0 Å². The Kier molecular flexibility index (Phi) is 3.62. The number of furan rings is 1. The molecule has 22 heavy (non-hydrogen) atoms. The highest BCUT2D eigenvalue weighted by Crippen LogP contribution is 2.29. The van der Waals surface area contributed by atoms with Crippen LogP contribution in [0.15, 0.2) is 28.7 Å². The van der Waals surface area contributed by atoms with Gasteiger partial charge >= 0.3 is 5.91 Å². The van der Waals surface area contributed by atoms with E-state index in [1.807, 2.05) is 18.2 Å². The number of hydrogen-bond acceptors (Lipinski definition) is 4. The van der Waals surface area contributed by atoms with E-state index in [-0.39, 0.29) is 5.76 Å². The molecule has 0 aliphatic heterocycles. The van der Waals surface area contributed by atoms with Crippen molar-refractivity contribution in [3.63, 3.8) is 0 Å². The standard InChI is InChI=1S/C16H18N2O4/c1-10-11-6-2-3-7-12(11)22-13(10)14(19)17-18-15(20)16(21)8-4-5-9-16/h2-3,6-7,21H,4-5,8-9H2,1H3,(H,17,19)(H,18,20). The second-order valence-electron chi connectivity index (χ2n) is 5.70. The van der Waals surface area contributed by atoms with Crippen molar-refractivity contribution < 1.29 is 19.1 Å². The number of aliphatic hydroxyl groups is 1. The van der Waals surface area contributed by atoms with Crippen LogP contribution >= 0.6 is 0 Å². The Balaban J connectivity index is 1.71. The summed E-state index contributed by atoms with van der Waals surface area (Å²) in [6.45, 7) is 1.78. The molecule has 1 fully saturated rings. The number of aryl methyl sites for hydroxylation is 1. The maximum atomic E-state index is 12.2. The van der Waals surface area contributed by atoms with Gasteiger partial charge in [0, 0.05) is 10.9 Å². The first-order valence-corrected chi connectivity index (χ1v) is 7.32. The minimum Gasteiger partial charge on any atom is -0.451 e. The molecule has 1 heterocycles. The Hall–Kier alpha value is -2.34. The maximum Gasteiger partial charge on any atom is 0.305 e. The van der Waals surface area contributed by atoms with Gasteiger partial charge in [0.15, 0.2) is 5.76 Å². The molecule has 1 aliphatic carbocycles. The highest BCUT2D eigenvalue weighted by atomic mass is 16.3. The van der Waals surface area contributed by atoms with Crippen molar-refractivity contribution >= 4 is 22.8 Å². The number of hydrogen-bond donors (Lipinski definition) is 3. The average Bonchev–Trinajstić information content (AvgIpc) is 3.10. The first kappa shape index (κ1) is 14.6. The van der Waals surface area contributed by atoms with E-state index in [0.29, 0.717) is 24.0 Å². The van der Waals surface area contributed by atoms with Gasteiger partial charge in [-0.15, -0.1) is 0 Å². The number of carbonyl (C=O) groups is 2. The number of amides is 2. The fraction of sp³-hybridized carbons (Fsp3) is 0.375. The van der Waals surface area contributed by atoms with E-state index in [4.69, 9.17) is 4.42 Å². The zero-order valence-electron chi connectivity index (χ0n) is 12.3. The monoisotopic (exact) mass is 302 g/mol. The lowest BCUT2D eigenvalue weighted by Gasteiger charge is -2.20. The summed E-state index contributed by atoms with van der Waals surface area (Å²) in [7, 11) is 0. The molecule has 0 spiro atoms. The number of nitrogens with one attached hydrogen (secondary N) is 2. The van der Waals surface area contributed by atoms with E-state index in [1.54, 1.807) is 13.0 Å². The van der Waals surface area contributed by atoms with Crippen molar-refractivity contribution in [3.8, 4) is 0 Å². The fourth-order valence-corrected chi connectivity index (χ4v) is 2.86. The summed E-state index contributed by atoms with van der Waals surface area (Å²) in [6, 6.07) is 7.33. The molecule has 6 heteroatoms. The Morgan fingerprint density at radius 3 is 2.55 bits per heavy atom. The number of fused-ring (bicyclic) bond motifs is 1. The highest BCUT2D eigenvalue weighted by Gasteiger charge is 2.39. The number of rotatable bonds is 2. The van der Waals surface area contributed by atoms with Crippen molar-refractivity contribution in [2.45, 2.75) is 38.2 Å². The SMILES string of the molecule is Cc1c(C(=O)NNC(=O)C2(O)CCCC2)oc2ccccc12. The third kappa shape index (κ3) is 2.46. The van der Waals surface area contributed by atoms with Crippen molar-refractivity contribution in [2.24, 2.45) is 0 Å². The van der Waals surface area contributed by atoms with Crippen LogP contribution in [-0.2, 0) is 4.79 Å². The Labute approximate surface area is 127 Å². The van der Waals surface area contributed by atoms with Gasteiger partial charge in [0.2, 0.25) is 0 Å². The zero-order valence-corrected chi connectivity index (χ0v) is 12.3. The van der Waals surface area contributed by atoms with Gasteiger partial charge in [-0.05, 0) is 38.7 Å². The maximum absolute atomic E-state index is 12.2. The summed E-state index contributed by atoms with van der Waals surface area (Å²) < 4.78 is 5.52. The average molecular weight is 302 g/mol. The summed E-state index contributed by atoms with van der Waals surface area (Å²) in [5.41, 5.74) is 4.54. The van der Waals surface area contributed by atoms with Crippen LogP contribution in [0.3, 0.4) is 0 Å². The van der Waals surface area contributed by atoms with Crippen LogP contribution in [0.4, 0.5) is 0 Å². The molecule has 0 bridgehead atoms. The predicted octanol–water partition coefficient (Wildman–Crippen LogP) is 1.81. The molecule has 2 aromatic rings. The fourth-order valence-electron chi connectivity index (χ4n) is 2.86. The van der Waals surface area contributed by atoms with E-state index in [2.05, 4.69) is 10.9 Å². The van der Waals surface area contributed by atoms with Crippen LogP contribution < -0.4 is 10.9 Å². The van der Waals surface area contributed by atoms with Gasteiger partial charge in [0.05, 0.1) is 0 Å². The lowest BCUT2D eigenvalue weighted by atomic mass is 10.0. The zero-order chi connectivity index (χ0) is 15.7. The summed E-state index contributed by atoms with van der Waals surface area (Å²) in [6.07, 6.45) is 2.44. The molecular formula is C16H18N2O4. The molecule has 0 saturated heterocycles. The van der Waals surface area contributed by atoms with Gasteiger partial charge in [-0.2, -0.15) is 0 Å². The Morgan fingerprint density at radius 2 is 1.86 bits per heavy atom. The third-order valence-electron chi connectivity index (χ3n) is 4.19. The molecule has 3 rings (SSSR count). The van der Waals surface area contributed by atoms with Crippen LogP contribution in [0.2, 0.25) is 0 Å². The number of para-hydroxylation sites is 1. The molecule has 1 aromatic heterocycles. The van der Waals surface area contributed by atoms with Crippen molar-refractivity contribution in [2.75, 3.05) is 0 Å². The van der Waals surface area contributed by atoms with Crippen LogP contribution in [0.5, 0.6) is 0 Å². The van der Waals surface area contributed by atoms with Gasteiger partial charge in [0.25, 0.3) is 5.91 Å². The normalized spacial score (nSPS) is 16.6. The van der Waals surface area contributed by atoms with Crippen LogP contribution in [0.1, 0.15) is 41.8 Å². The van der Waals surface area contributed by atoms with E-state index in [9.17, 15) is 14.7 Å². The molecule has 0 unspecified atom stereocenters. The molecule has 0 atom stereocenters. The second-order valence-corrected chi connectivity index (χ2v) is 5.70. The summed E-state index contributed by atoms with van der Waals surface area (Å²) in [5, 5.41) is 11.0. The van der Waals surface area contributed by atoms with Gasteiger partial charge in [-0.25, -0.2) is 0 Å². The summed E-state index contributed by atoms with van der Waals surface area (Å²) >= 11 is 0. The molecule has 116 valence electrons. The quantitative estimate of drug-likeness (QED) is 0.738. The van der Waals surface area contributed by atoms with Gasteiger partial charge in [0.1, 0.15) is 11.2 Å². The van der Waals surface area contributed by atoms with Crippen LogP contribution in [0.25, 0.3) is 11.0 Å². The first-order chi connectivity index (χ1) is 10.5. The van der Waals surface area contributed by atoms with Crippen molar-refractivity contribution in [1.82, 2.24) is 10.9 Å². The van der Waals surface area contributed by atoms with Gasteiger partial charge < -0.3 is 9.52 Å². The lowest BCUT2D eigenvalue weighted by Crippen LogP contribution is -2.52. The molecule has 1 saturated carbocycles. The minimum atomic E-state index is -1.38. The molecule has 1 aromatic carbocycles. The minimum absolute atomic E-state index is 0.153. The van der Waals surface area contributed by atoms with E-state index in [0.717, 1.165) is 18.2 Å². The van der Waals surface area contributed by atoms with Crippen LogP contribution in [-0.4, -0.2) is 22.5 Å². The molecule has 3 N–H and O–H groups in total. The lowest BCUT2D eigenvalue weighted by molar-refractivity contribution is -0.139. The van der Waals surface area contributed by atoms with Crippen molar-refractivity contribution in [3.05, 3.63) is 35.6 Å². The molecule has 0 radical (unpaired) electrons. The molecule has 1 aliphatic rings. The predicted molar refractivity (Wildman–Crippen MR) is 80.0 cm³/mol. The Bertz CT molecular complexity index is 729. The van der Waals surface area contributed by atoms with Gasteiger partial charge in [-0.3, -0.25) is 20.4 Å². The van der Waals surface area contributed by atoms with Crippen molar-refractivity contribution in [1.29, 1.82) is 0 Å². The van der Waals surface area contributed by atoms with Gasteiger partial charge in [-0.1, -0.05) is 18.2 Å². The number of carbonyl (C=O) groups excluding carboxylic acids is 2. The topological polar surface area (TPSA) is 91.6 Å². The third-order valence-corrected chi connectivity index (χ3v) is 4.19. The summed E-state index contributed by atoms with van der Waals surface area (Å²) in [5.74, 6) is -0.962. The second kappa shape index (κ2) is 5.46. The Morgan fingerprint density at radius 1 is 1.18 bits per heavy atom. The van der Waals surface area contributed by atoms with E-state index < -0.39 is 17.4 Å². The highest BCUT2D eigenvalue weighted by molar-refractivity contribution is 6.00.